The van der Waals surface area contributed by atoms with E-state index >= 15 is 0 Å². The lowest BCUT2D eigenvalue weighted by molar-refractivity contribution is -0.134. The van der Waals surface area contributed by atoms with Gasteiger partial charge in [0.25, 0.3) is 5.91 Å². The SMILES string of the molecule is O=C(NCc1ccc2c(c1)CCCO2)[C@@H]1CNCCO1. The van der Waals surface area contributed by atoms with Gasteiger partial charge in [0.05, 0.1) is 13.2 Å². The van der Waals surface area contributed by atoms with Gasteiger partial charge in [-0.3, -0.25) is 4.79 Å². The zero-order valence-corrected chi connectivity index (χ0v) is 11.5. The van der Waals surface area contributed by atoms with Crippen LogP contribution in [0, 0.1) is 0 Å². The predicted molar refractivity (Wildman–Crippen MR) is 74.7 cm³/mol. The molecule has 2 heterocycles. The third kappa shape index (κ3) is 3.11. The molecular weight excluding hydrogens is 256 g/mol. The number of morpholine rings is 1. The number of fused-ring (bicyclic) bond motifs is 1. The van der Waals surface area contributed by atoms with Crippen LogP contribution in [0.2, 0.25) is 0 Å². The third-order valence-corrected chi connectivity index (χ3v) is 3.66. The maximum atomic E-state index is 12.0. The summed E-state index contributed by atoms with van der Waals surface area (Å²) in [5.74, 6) is 0.928. The monoisotopic (exact) mass is 276 g/mol. The highest BCUT2D eigenvalue weighted by Gasteiger charge is 2.21. The van der Waals surface area contributed by atoms with Crippen molar-refractivity contribution in [2.75, 3.05) is 26.3 Å². The Labute approximate surface area is 118 Å². The Hall–Kier alpha value is -1.59. The van der Waals surface area contributed by atoms with Crippen molar-refractivity contribution in [2.45, 2.75) is 25.5 Å². The molecule has 2 aliphatic heterocycles. The van der Waals surface area contributed by atoms with Crippen molar-refractivity contribution >= 4 is 5.91 Å². The van der Waals surface area contributed by atoms with Crippen LogP contribution in [-0.2, 0) is 22.5 Å². The van der Waals surface area contributed by atoms with E-state index in [0.717, 1.165) is 37.3 Å². The quantitative estimate of drug-likeness (QED) is 0.849. The van der Waals surface area contributed by atoms with Crippen LogP contribution in [0.1, 0.15) is 17.5 Å². The Kier molecular flexibility index (Phi) is 4.18. The van der Waals surface area contributed by atoms with Gasteiger partial charge < -0.3 is 20.1 Å². The number of carbonyl (C=O) groups excluding carboxylic acids is 1. The van der Waals surface area contributed by atoms with Gasteiger partial charge in [0.15, 0.2) is 0 Å². The molecule has 1 amide bonds. The van der Waals surface area contributed by atoms with E-state index in [0.29, 0.717) is 19.7 Å². The Balaban J connectivity index is 1.56. The Bertz CT molecular complexity index is 484. The molecule has 1 atom stereocenters. The second kappa shape index (κ2) is 6.24. The van der Waals surface area contributed by atoms with E-state index in [1.54, 1.807) is 0 Å². The van der Waals surface area contributed by atoms with Gasteiger partial charge in [-0.05, 0) is 30.0 Å². The van der Waals surface area contributed by atoms with E-state index in [9.17, 15) is 4.79 Å². The molecule has 0 aliphatic carbocycles. The number of ether oxygens (including phenoxy) is 2. The topological polar surface area (TPSA) is 59.6 Å². The minimum Gasteiger partial charge on any atom is -0.493 e. The summed E-state index contributed by atoms with van der Waals surface area (Å²) in [4.78, 5) is 12.0. The summed E-state index contributed by atoms with van der Waals surface area (Å²) >= 11 is 0. The first-order valence-corrected chi connectivity index (χ1v) is 7.17. The average Bonchev–Trinajstić information content (AvgIpc) is 2.53. The van der Waals surface area contributed by atoms with Crippen LogP contribution in [-0.4, -0.2) is 38.3 Å². The Morgan fingerprint density at radius 2 is 2.35 bits per heavy atom. The van der Waals surface area contributed by atoms with E-state index < -0.39 is 0 Å². The summed E-state index contributed by atoms with van der Waals surface area (Å²) in [6.45, 7) is 3.33. The highest BCUT2D eigenvalue weighted by Crippen LogP contribution is 2.25. The van der Waals surface area contributed by atoms with Crippen molar-refractivity contribution in [3.63, 3.8) is 0 Å². The van der Waals surface area contributed by atoms with E-state index in [1.807, 2.05) is 12.1 Å². The smallest absolute Gasteiger partial charge is 0.250 e. The lowest BCUT2D eigenvalue weighted by Crippen LogP contribution is -2.47. The fraction of sp³-hybridized carbons (Fsp3) is 0.533. The molecule has 1 saturated heterocycles. The highest BCUT2D eigenvalue weighted by atomic mass is 16.5. The van der Waals surface area contributed by atoms with Crippen LogP contribution in [0.5, 0.6) is 5.75 Å². The lowest BCUT2D eigenvalue weighted by atomic mass is 10.0. The van der Waals surface area contributed by atoms with Crippen LogP contribution in [0.25, 0.3) is 0 Å². The second-order valence-corrected chi connectivity index (χ2v) is 5.18. The van der Waals surface area contributed by atoms with E-state index in [1.165, 1.54) is 5.56 Å². The first-order valence-electron chi connectivity index (χ1n) is 7.17. The zero-order chi connectivity index (χ0) is 13.8. The molecule has 0 spiro atoms. The largest absolute Gasteiger partial charge is 0.493 e. The predicted octanol–water partition coefficient (Wildman–Crippen LogP) is 0.616. The molecule has 108 valence electrons. The molecule has 1 fully saturated rings. The minimum atomic E-state index is -0.371. The van der Waals surface area contributed by atoms with Gasteiger partial charge in [0, 0.05) is 19.6 Å². The first-order chi connectivity index (χ1) is 9.83. The van der Waals surface area contributed by atoms with Crippen LogP contribution < -0.4 is 15.4 Å². The Morgan fingerprint density at radius 3 is 3.20 bits per heavy atom. The van der Waals surface area contributed by atoms with Crippen molar-refractivity contribution in [1.82, 2.24) is 10.6 Å². The summed E-state index contributed by atoms with van der Waals surface area (Å²) in [5.41, 5.74) is 2.34. The number of hydrogen-bond donors (Lipinski definition) is 2. The number of aryl methyl sites for hydroxylation is 1. The lowest BCUT2D eigenvalue weighted by Gasteiger charge is -2.23. The summed E-state index contributed by atoms with van der Waals surface area (Å²) < 4.78 is 11.0. The van der Waals surface area contributed by atoms with Crippen LogP contribution in [0.15, 0.2) is 18.2 Å². The molecule has 2 aliphatic rings. The van der Waals surface area contributed by atoms with Crippen molar-refractivity contribution in [1.29, 1.82) is 0 Å². The maximum Gasteiger partial charge on any atom is 0.250 e. The number of rotatable bonds is 3. The molecule has 5 heteroatoms. The minimum absolute atomic E-state index is 0.0498. The molecule has 0 saturated carbocycles. The summed E-state index contributed by atoms with van der Waals surface area (Å²) in [6, 6.07) is 6.12. The number of benzene rings is 1. The van der Waals surface area contributed by atoms with Gasteiger partial charge >= 0.3 is 0 Å². The summed E-state index contributed by atoms with van der Waals surface area (Å²) in [5, 5.41) is 6.08. The molecule has 2 N–H and O–H groups in total. The fourth-order valence-corrected chi connectivity index (χ4v) is 2.56. The van der Waals surface area contributed by atoms with Crippen LogP contribution in [0.3, 0.4) is 0 Å². The van der Waals surface area contributed by atoms with Gasteiger partial charge in [-0.15, -0.1) is 0 Å². The molecule has 5 nitrogen and oxygen atoms in total. The van der Waals surface area contributed by atoms with Crippen LogP contribution >= 0.6 is 0 Å². The molecule has 20 heavy (non-hydrogen) atoms. The normalized spacial score (nSPS) is 21.7. The molecule has 0 radical (unpaired) electrons. The zero-order valence-electron chi connectivity index (χ0n) is 11.5. The van der Waals surface area contributed by atoms with Gasteiger partial charge in [0.1, 0.15) is 11.9 Å². The number of amides is 1. The van der Waals surface area contributed by atoms with Crippen molar-refractivity contribution < 1.29 is 14.3 Å². The van der Waals surface area contributed by atoms with Crippen molar-refractivity contribution in [2.24, 2.45) is 0 Å². The third-order valence-electron chi connectivity index (χ3n) is 3.66. The Morgan fingerprint density at radius 1 is 1.40 bits per heavy atom. The van der Waals surface area contributed by atoms with Crippen LogP contribution in [0.4, 0.5) is 0 Å². The fourth-order valence-electron chi connectivity index (χ4n) is 2.56. The standard InChI is InChI=1S/C15H20N2O3/c18-15(14-10-16-5-7-20-14)17-9-11-3-4-13-12(8-11)2-1-6-19-13/h3-4,8,14,16H,1-2,5-7,9-10H2,(H,17,18)/t14-/m0/s1. The second-order valence-electron chi connectivity index (χ2n) is 5.18. The van der Waals surface area contributed by atoms with E-state index in [-0.39, 0.29) is 12.0 Å². The summed E-state index contributed by atoms with van der Waals surface area (Å²) in [7, 11) is 0. The molecule has 0 aromatic heterocycles. The number of nitrogens with one attached hydrogen (secondary N) is 2. The molecule has 0 unspecified atom stereocenters. The first kappa shape index (κ1) is 13.4. The van der Waals surface area contributed by atoms with Gasteiger partial charge in [0.2, 0.25) is 0 Å². The molecule has 0 bridgehead atoms. The average molecular weight is 276 g/mol. The van der Waals surface area contributed by atoms with E-state index in [2.05, 4.69) is 16.7 Å². The van der Waals surface area contributed by atoms with E-state index in [4.69, 9.17) is 9.47 Å². The molecule has 1 aromatic carbocycles. The molecule has 1 aromatic rings. The van der Waals surface area contributed by atoms with Gasteiger partial charge in [-0.25, -0.2) is 0 Å². The highest BCUT2D eigenvalue weighted by molar-refractivity contribution is 5.81. The van der Waals surface area contributed by atoms with Gasteiger partial charge in [-0.1, -0.05) is 12.1 Å². The summed E-state index contributed by atoms with van der Waals surface area (Å²) in [6.07, 6.45) is 1.74. The molecule has 3 rings (SSSR count). The van der Waals surface area contributed by atoms with Crippen molar-refractivity contribution in [3.05, 3.63) is 29.3 Å². The van der Waals surface area contributed by atoms with Crippen molar-refractivity contribution in [3.8, 4) is 5.75 Å². The van der Waals surface area contributed by atoms with Gasteiger partial charge in [-0.2, -0.15) is 0 Å². The number of carbonyl (C=O) groups is 1. The maximum absolute atomic E-state index is 12.0. The molecular formula is C15H20N2O3. The number of hydrogen-bond acceptors (Lipinski definition) is 4.